The highest BCUT2D eigenvalue weighted by atomic mass is 35.5. The number of rotatable bonds is 7. The molecule has 1 fully saturated rings. The van der Waals surface area contributed by atoms with Crippen LogP contribution in [0.5, 0.6) is 0 Å². The molecule has 1 aromatic carbocycles. The summed E-state index contributed by atoms with van der Waals surface area (Å²) in [6, 6.07) is 10.9. The third kappa shape index (κ3) is 5.14. The first kappa shape index (κ1) is 20.3. The van der Waals surface area contributed by atoms with Crippen LogP contribution in [0, 0.1) is 0 Å². The number of aromatic nitrogens is 4. The van der Waals surface area contributed by atoms with Gasteiger partial charge in [0.25, 0.3) is 5.91 Å². The Labute approximate surface area is 180 Å². The van der Waals surface area contributed by atoms with Gasteiger partial charge in [0.15, 0.2) is 5.69 Å². The Morgan fingerprint density at radius 3 is 2.63 bits per heavy atom. The molecule has 0 radical (unpaired) electrons. The number of benzene rings is 1. The van der Waals surface area contributed by atoms with E-state index in [2.05, 4.69) is 30.2 Å². The van der Waals surface area contributed by atoms with E-state index < -0.39 is 0 Å². The smallest absolute Gasteiger partial charge is 0.271 e. The van der Waals surface area contributed by atoms with Crippen molar-refractivity contribution in [1.82, 2.24) is 30.0 Å². The fourth-order valence-corrected chi connectivity index (χ4v) is 3.61. The number of nitrogens with one attached hydrogen (secondary N) is 1. The molecule has 9 heteroatoms. The van der Waals surface area contributed by atoms with Crippen LogP contribution in [0.1, 0.15) is 16.9 Å². The van der Waals surface area contributed by atoms with Crippen LogP contribution >= 0.6 is 11.6 Å². The maximum atomic E-state index is 12.4. The van der Waals surface area contributed by atoms with E-state index in [4.69, 9.17) is 11.6 Å². The van der Waals surface area contributed by atoms with Crippen molar-refractivity contribution in [2.24, 2.45) is 0 Å². The fourth-order valence-electron chi connectivity index (χ4n) is 3.43. The van der Waals surface area contributed by atoms with Crippen molar-refractivity contribution in [3.05, 3.63) is 65.7 Å². The molecular weight excluding hydrogens is 402 g/mol. The van der Waals surface area contributed by atoms with E-state index >= 15 is 0 Å². The molecule has 156 valence electrons. The molecule has 4 rings (SSSR count). The first-order valence-electron chi connectivity index (χ1n) is 10.0. The molecule has 0 bridgehead atoms. The van der Waals surface area contributed by atoms with Crippen molar-refractivity contribution in [2.75, 3.05) is 44.2 Å². The quantitative estimate of drug-likeness (QED) is 0.585. The van der Waals surface area contributed by atoms with Gasteiger partial charge in [-0.1, -0.05) is 17.7 Å². The predicted octanol–water partition coefficient (Wildman–Crippen LogP) is 2.26. The topological polar surface area (TPSA) is 79.2 Å². The summed E-state index contributed by atoms with van der Waals surface area (Å²) in [5, 5.41) is 7.93. The highest BCUT2D eigenvalue weighted by Gasteiger charge is 2.18. The van der Waals surface area contributed by atoms with Gasteiger partial charge in [-0.15, -0.1) is 0 Å². The van der Waals surface area contributed by atoms with Gasteiger partial charge in [-0.3, -0.25) is 9.69 Å². The molecule has 2 aromatic heterocycles. The van der Waals surface area contributed by atoms with E-state index in [1.165, 1.54) is 0 Å². The first-order valence-corrected chi connectivity index (χ1v) is 10.4. The van der Waals surface area contributed by atoms with Crippen LogP contribution in [0.3, 0.4) is 0 Å². The number of nitrogens with zero attached hydrogens (tertiary/aromatic N) is 6. The van der Waals surface area contributed by atoms with Gasteiger partial charge < -0.3 is 10.2 Å². The zero-order valence-corrected chi connectivity index (χ0v) is 17.4. The molecule has 0 aliphatic carbocycles. The molecule has 1 aliphatic rings. The number of carbonyl (C=O) groups is 1. The standard InChI is InChI=1S/C21H24ClN7O/c22-17-4-1-5-18(16-17)29-11-6-19(26-29)20(30)23-9-3-10-27-12-14-28(15-13-27)21-24-7-2-8-25-21/h1-2,4-8,11,16H,3,9-10,12-15H2,(H,23,30). The second kappa shape index (κ2) is 9.69. The monoisotopic (exact) mass is 425 g/mol. The van der Waals surface area contributed by atoms with Crippen LogP contribution < -0.4 is 10.2 Å². The maximum absolute atomic E-state index is 12.4. The lowest BCUT2D eigenvalue weighted by Gasteiger charge is -2.34. The average Bonchev–Trinajstić information content (AvgIpc) is 3.28. The van der Waals surface area contributed by atoms with Gasteiger partial charge in [0.2, 0.25) is 5.95 Å². The fraction of sp³-hybridized carbons (Fsp3) is 0.333. The zero-order chi connectivity index (χ0) is 20.8. The number of anilines is 1. The molecule has 3 heterocycles. The summed E-state index contributed by atoms with van der Waals surface area (Å²) < 4.78 is 1.65. The van der Waals surface area contributed by atoms with Gasteiger partial charge in [-0.2, -0.15) is 5.10 Å². The van der Waals surface area contributed by atoms with E-state index in [-0.39, 0.29) is 5.91 Å². The molecule has 30 heavy (non-hydrogen) atoms. The number of piperazine rings is 1. The predicted molar refractivity (Wildman–Crippen MR) is 116 cm³/mol. The van der Waals surface area contributed by atoms with Crippen LogP contribution in [0.25, 0.3) is 5.69 Å². The molecule has 0 unspecified atom stereocenters. The van der Waals surface area contributed by atoms with Gasteiger partial charge in [0.05, 0.1) is 5.69 Å². The molecule has 1 aliphatic heterocycles. The van der Waals surface area contributed by atoms with Gasteiger partial charge in [-0.25, -0.2) is 14.6 Å². The molecule has 1 saturated heterocycles. The number of hydrogen-bond acceptors (Lipinski definition) is 6. The Kier molecular flexibility index (Phi) is 6.56. The van der Waals surface area contributed by atoms with E-state index in [0.29, 0.717) is 17.3 Å². The third-order valence-corrected chi connectivity index (χ3v) is 5.27. The van der Waals surface area contributed by atoms with Crippen molar-refractivity contribution in [3.63, 3.8) is 0 Å². The third-order valence-electron chi connectivity index (χ3n) is 5.04. The molecule has 0 atom stereocenters. The van der Waals surface area contributed by atoms with Gasteiger partial charge in [0.1, 0.15) is 0 Å². The first-order chi connectivity index (χ1) is 14.7. The SMILES string of the molecule is O=C(NCCCN1CCN(c2ncccn2)CC1)c1ccn(-c2cccc(Cl)c2)n1. The number of amides is 1. The lowest BCUT2D eigenvalue weighted by Crippen LogP contribution is -2.47. The molecule has 0 saturated carbocycles. The Hall–Kier alpha value is -2.97. The maximum Gasteiger partial charge on any atom is 0.271 e. The van der Waals surface area contributed by atoms with Crippen LogP contribution in [-0.2, 0) is 0 Å². The number of hydrogen-bond donors (Lipinski definition) is 1. The largest absolute Gasteiger partial charge is 0.351 e. The molecule has 0 spiro atoms. The molecule has 1 amide bonds. The minimum absolute atomic E-state index is 0.165. The van der Waals surface area contributed by atoms with E-state index in [0.717, 1.165) is 50.8 Å². The highest BCUT2D eigenvalue weighted by molar-refractivity contribution is 6.30. The van der Waals surface area contributed by atoms with Crippen molar-refractivity contribution in [3.8, 4) is 5.69 Å². The van der Waals surface area contributed by atoms with Crippen molar-refractivity contribution >= 4 is 23.5 Å². The van der Waals surface area contributed by atoms with Crippen LogP contribution in [0.15, 0.2) is 55.0 Å². The Balaban J connectivity index is 1.18. The van der Waals surface area contributed by atoms with Gasteiger partial charge >= 0.3 is 0 Å². The second-order valence-corrected chi connectivity index (χ2v) is 7.55. The van der Waals surface area contributed by atoms with Crippen molar-refractivity contribution < 1.29 is 4.79 Å². The Bertz CT molecular complexity index is 970. The summed E-state index contributed by atoms with van der Waals surface area (Å²) in [5.41, 5.74) is 1.22. The summed E-state index contributed by atoms with van der Waals surface area (Å²) in [5.74, 6) is 0.628. The average molecular weight is 426 g/mol. The lowest BCUT2D eigenvalue weighted by molar-refractivity contribution is 0.0946. The minimum atomic E-state index is -0.165. The minimum Gasteiger partial charge on any atom is -0.351 e. The molecule has 1 N–H and O–H groups in total. The van der Waals surface area contributed by atoms with Crippen LogP contribution in [0.2, 0.25) is 5.02 Å². The van der Waals surface area contributed by atoms with E-state index in [1.807, 2.05) is 18.2 Å². The van der Waals surface area contributed by atoms with Crippen molar-refractivity contribution in [1.29, 1.82) is 0 Å². The summed E-state index contributed by atoms with van der Waals surface area (Å²) in [7, 11) is 0. The summed E-state index contributed by atoms with van der Waals surface area (Å²) in [6.45, 7) is 5.33. The molecule has 3 aromatic rings. The molecular formula is C21H24ClN7O. The summed E-state index contributed by atoms with van der Waals surface area (Å²) in [6.07, 6.45) is 6.20. The van der Waals surface area contributed by atoms with E-state index in [9.17, 15) is 4.79 Å². The van der Waals surface area contributed by atoms with Crippen molar-refractivity contribution in [2.45, 2.75) is 6.42 Å². The Morgan fingerprint density at radius 1 is 1.07 bits per heavy atom. The van der Waals surface area contributed by atoms with Crippen LogP contribution in [0.4, 0.5) is 5.95 Å². The lowest BCUT2D eigenvalue weighted by atomic mass is 10.3. The summed E-state index contributed by atoms with van der Waals surface area (Å²) >= 11 is 6.02. The van der Waals surface area contributed by atoms with E-state index in [1.54, 1.807) is 41.5 Å². The second-order valence-electron chi connectivity index (χ2n) is 7.11. The van der Waals surface area contributed by atoms with Gasteiger partial charge in [0, 0.05) is 56.3 Å². The zero-order valence-electron chi connectivity index (χ0n) is 16.6. The molecule has 8 nitrogen and oxygen atoms in total. The number of halogens is 1. The normalized spacial score (nSPS) is 14.6. The van der Waals surface area contributed by atoms with Crippen LogP contribution in [-0.4, -0.2) is 69.8 Å². The van der Waals surface area contributed by atoms with Gasteiger partial charge in [-0.05, 0) is 43.3 Å². The Morgan fingerprint density at radius 2 is 1.87 bits per heavy atom. The summed E-state index contributed by atoms with van der Waals surface area (Å²) in [4.78, 5) is 25.6. The highest BCUT2D eigenvalue weighted by Crippen LogP contribution is 2.14. The number of carbonyl (C=O) groups excluding carboxylic acids is 1.